The Hall–Kier alpha value is -3.92. The first-order valence-corrected chi connectivity index (χ1v) is 11.8. The van der Waals surface area contributed by atoms with E-state index in [1.165, 1.54) is 21.6 Å². The van der Waals surface area contributed by atoms with Crippen LogP contribution in [0.3, 0.4) is 0 Å². The average Bonchev–Trinajstić information content (AvgIpc) is 2.84. The molecule has 3 N–H and O–H groups in total. The second kappa shape index (κ2) is 12.7. The number of nitrogen functional groups attached to an aromatic ring is 1. The van der Waals surface area contributed by atoms with Crippen molar-refractivity contribution in [3.05, 3.63) is 86.8 Å². The monoisotopic (exact) mass is 497 g/mol. The Labute approximate surface area is 208 Å². The number of anilines is 2. The van der Waals surface area contributed by atoms with E-state index in [0.29, 0.717) is 25.3 Å². The van der Waals surface area contributed by atoms with Crippen molar-refractivity contribution in [1.29, 1.82) is 0 Å². The van der Waals surface area contributed by atoms with Crippen molar-refractivity contribution in [3.8, 4) is 5.75 Å². The number of halogens is 1. The van der Waals surface area contributed by atoms with Gasteiger partial charge in [-0.2, -0.15) is 0 Å². The quantitative estimate of drug-likeness (QED) is 0.398. The van der Waals surface area contributed by atoms with Crippen LogP contribution in [0.1, 0.15) is 25.3 Å². The summed E-state index contributed by atoms with van der Waals surface area (Å²) in [6.45, 7) is 2.99. The lowest BCUT2D eigenvalue weighted by Gasteiger charge is -2.27. The second-order valence-corrected chi connectivity index (χ2v) is 8.51. The molecule has 0 unspecified atom stereocenters. The number of nitrogens with one attached hydrogen (secondary N) is 1. The molecule has 0 aliphatic rings. The zero-order valence-corrected chi connectivity index (χ0v) is 20.6. The lowest BCUT2D eigenvalue weighted by atomic mass is 10.2. The third-order valence-electron chi connectivity index (χ3n) is 5.65. The van der Waals surface area contributed by atoms with Gasteiger partial charge in [-0.15, -0.1) is 0 Å². The van der Waals surface area contributed by atoms with Crippen LogP contribution in [0.2, 0.25) is 0 Å². The van der Waals surface area contributed by atoms with Crippen molar-refractivity contribution in [2.24, 2.45) is 0 Å². The Morgan fingerprint density at radius 3 is 2.58 bits per heavy atom. The van der Waals surface area contributed by atoms with Gasteiger partial charge in [-0.25, -0.2) is 9.18 Å². The van der Waals surface area contributed by atoms with Gasteiger partial charge in [-0.05, 0) is 31.2 Å². The van der Waals surface area contributed by atoms with E-state index in [9.17, 15) is 18.8 Å². The Balaban J connectivity index is 1.81. The van der Waals surface area contributed by atoms with Gasteiger partial charge < -0.3 is 10.5 Å². The number of rotatable bonds is 12. The summed E-state index contributed by atoms with van der Waals surface area (Å²) in [5.74, 6) is -0.409. The Bertz CT molecular complexity index is 1280. The fourth-order valence-corrected chi connectivity index (χ4v) is 3.71. The van der Waals surface area contributed by atoms with Gasteiger partial charge in [-0.3, -0.25) is 28.9 Å². The zero-order chi connectivity index (χ0) is 26.1. The second-order valence-electron chi connectivity index (χ2n) is 8.51. The van der Waals surface area contributed by atoms with E-state index < -0.39 is 17.1 Å². The number of aromatic nitrogens is 2. The molecule has 3 aromatic rings. The molecule has 0 bridgehead atoms. The Kier molecular flexibility index (Phi) is 9.40. The molecular formula is C26H32FN5O4. The number of ether oxygens (including phenoxy) is 1. The minimum Gasteiger partial charge on any atom is -0.492 e. The predicted molar refractivity (Wildman–Crippen MR) is 138 cm³/mol. The highest BCUT2D eigenvalue weighted by Crippen LogP contribution is 2.20. The number of likely N-dealkylation sites (N-methyl/N-ethyl adjacent to an activating group) is 1. The topological polar surface area (TPSA) is 114 Å². The number of unbranched alkanes of at least 4 members (excludes halogenated alkanes) is 1. The van der Waals surface area contributed by atoms with E-state index >= 15 is 0 Å². The maximum atomic E-state index is 13.4. The molecule has 192 valence electrons. The standard InChI is InChI=1S/C26H32FN5O4/c1-3-4-13-31-24(28)23(25(34)29-26(31)35)32(17-19-9-6-5-7-10-19)22(33)18-30(2)14-15-36-21-12-8-11-20(27)16-21/h5-12,16H,3-4,13-15,17-18,28H2,1-2H3,(H,29,34,35). The minimum absolute atomic E-state index is 0.0354. The molecule has 0 spiro atoms. The van der Waals surface area contributed by atoms with Crippen LogP contribution in [0.15, 0.2) is 64.2 Å². The van der Waals surface area contributed by atoms with Crippen LogP contribution in [-0.2, 0) is 17.9 Å². The predicted octanol–water partition coefficient (Wildman–Crippen LogP) is 2.60. The molecule has 0 aliphatic carbocycles. The van der Waals surface area contributed by atoms with Crippen molar-refractivity contribution in [3.63, 3.8) is 0 Å². The van der Waals surface area contributed by atoms with Crippen molar-refractivity contribution in [2.75, 3.05) is 37.4 Å². The van der Waals surface area contributed by atoms with Crippen LogP contribution < -0.4 is 26.6 Å². The van der Waals surface area contributed by atoms with Crippen LogP contribution in [0.5, 0.6) is 5.75 Å². The molecular weight excluding hydrogens is 465 g/mol. The summed E-state index contributed by atoms with van der Waals surface area (Å²) in [7, 11) is 1.74. The highest BCUT2D eigenvalue weighted by molar-refractivity contribution is 5.96. The molecule has 1 heterocycles. The van der Waals surface area contributed by atoms with Crippen molar-refractivity contribution in [2.45, 2.75) is 32.9 Å². The number of carbonyl (C=O) groups excluding carboxylic acids is 1. The fourth-order valence-electron chi connectivity index (χ4n) is 3.71. The first-order valence-electron chi connectivity index (χ1n) is 11.8. The summed E-state index contributed by atoms with van der Waals surface area (Å²) in [5.41, 5.74) is 5.72. The van der Waals surface area contributed by atoms with Gasteiger partial charge >= 0.3 is 5.69 Å². The van der Waals surface area contributed by atoms with E-state index in [2.05, 4.69) is 4.98 Å². The summed E-state index contributed by atoms with van der Waals surface area (Å²) in [6, 6.07) is 15.0. The number of nitrogens with zero attached hydrogens (tertiary/aromatic N) is 3. The molecule has 10 heteroatoms. The maximum Gasteiger partial charge on any atom is 0.330 e. The molecule has 0 aliphatic heterocycles. The van der Waals surface area contributed by atoms with Gasteiger partial charge in [0.05, 0.1) is 13.1 Å². The number of carbonyl (C=O) groups is 1. The van der Waals surface area contributed by atoms with Crippen LogP contribution in [0, 0.1) is 5.82 Å². The largest absolute Gasteiger partial charge is 0.492 e. The number of H-pyrrole nitrogens is 1. The number of hydrogen-bond donors (Lipinski definition) is 2. The normalized spacial score (nSPS) is 11.0. The summed E-state index contributed by atoms with van der Waals surface area (Å²) < 4.78 is 20.2. The number of nitrogens with two attached hydrogens (primary N) is 1. The smallest absolute Gasteiger partial charge is 0.330 e. The highest BCUT2D eigenvalue weighted by atomic mass is 19.1. The maximum absolute atomic E-state index is 13.4. The highest BCUT2D eigenvalue weighted by Gasteiger charge is 2.25. The molecule has 1 amide bonds. The molecule has 36 heavy (non-hydrogen) atoms. The molecule has 0 atom stereocenters. The summed E-state index contributed by atoms with van der Waals surface area (Å²) in [5, 5.41) is 0. The molecule has 0 saturated heterocycles. The van der Waals surface area contributed by atoms with E-state index in [-0.39, 0.29) is 37.1 Å². The van der Waals surface area contributed by atoms with Gasteiger partial charge in [0.2, 0.25) is 5.91 Å². The zero-order valence-electron chi connectivity index (χ0n) is 20.6. The Morgan fingerprint density at radius 1 is 1.14 bits per heavy atom. The number of hydrogen-bond acceptors (Lipinski definition) is 6. The number of aromatic amines is 1. The summed E-state index contributed by atoms with van der Waals surface area (Å²) in [6.07, 6.45) is 1.52. The number of amides is 1. The molecule has 3 rings (SSSR count). The molecule has 0 fully saturated rings. The SMILES string of the molecule is CCCCn1c(N)c(N(Cc2ccccc2)C(=O)CN(C)CCOc2cccc(F)c2)c(=O)[nH]c1=O. The van der Waals surface area contributed by atoms with E-state index in [1.54, 1.807) is 24.1 Å². The Morgan fingerprint density at radius 2 is 1.89 bits per heavy atom. The first kappa shape index (κ1) is 26.7. The van der Waals surface area contributed by atoms with Gasteiger partial charge in [-0.1, -0.05) is 49.7 Å². The van der Waals surface area contributed by atoms with Crippen LogP contribution >= 0.6 is 0 Å². The van der Waals surface area contributed by atoms with Gasteiger partial charge in [0.15, 0.2) is 5.69 Å². The first-order chi connectivity index (χ1) is 17.3. The van der Waals surface area contributed by atoms with Crippen molar-refractivity contribution >= 4 is 17.4 Å². The third kappa shape index (κ3) is 7.05. The van der Waals surface area contributed by atoms with E-state index in [1.807, 2.05) is 37.3 Å². The van der Waals surface area contributed by atoms with Crippen LogP contribution in [0.4, 0.5) is 15.9 Å². The average molecular weight is 498 g/mol. The molecule has 9 nitrogen and oxygen atoms in total. The fraction of sp³-hybridized carbons (Fsp3) is 0.346. The lowest BCUT2D eigenvalue weighted by molar-refractivity contribution is -0.119. The minimum atomic E-state index is -0.716. The number of benzene rings is 2. The summed E-state index contributed by atoms with van der Waals surface area (Å²) >= 11 is 0. The third-order valence-corrected chi connectivity index (χ3v) is 5.65. The van der Waals surface area contributed by atoms with E-state index in [0.717, 1.165) is 12.0 Å². The summed E-state index contributed by atoms with van der Waals surface area (Å²) in [4.78, 5) is 44.0. The van der Waals surface area contributed by atoms with Gasteiger partial charge in [0.1, 0.15) is 24.0 Å². The lowest BCUT2D eigenvalue weighted by Crippen LogP contribution is -2.44. The molecule has 2 aromatic carbocycles. The van der Waals surface area contributed by atoms with Crippen LogP contribution in [-0.4, -0.2) is 47.1 Å². The molecule has 1 aromatic heterocycles. The molecule has 0 radical (unpaired) electrons. The van der Waals surface area contributed by atoms with Gasteiger partial charge in [0.25, 0.3) is 5.56 Å². The van der Waals surface area contributed by atoms with Crippen molar-refractivity contribution < 1.29 is 13.9 Å². The van der Waals surface area contributed by atoms with E-state index in [4.69, 9.17) is 10.5 Å². The van der Waals surface area contributed by atoms with Gasteiger partial charge in [0, 0.05) is 19.2 Å². The molecule has 0 saturated carbocycles. The van der Waals surface area contributed by atoms with Crippen molar-refractivity contribution in [1.82, 2.24) is 14.5 Å². The van der Waals surface area contributed by atoms with Crippen LogP contribution in [0.25, 0.3) is 0 Å².